The molecule has 1 heterocycles. The van der Waals surface area contributed by atoms with Crippen LogP contribution in [0, 0.1) is 0 Å². The Labute approximate surface area is 155 Å². The standard InChI is InChI=1S/C19H15Cl2NO3/c1-25-19(24)17(23)10-11-5-7-15-12(9-11)6-8-16(22-15)18-13(20)3-2-4-14(18)21/h2-9,17,23H,10H2,1H3/t17-/m0/s1. The third-order valence-electron chi connectivity index (χ3n) is 3.87. The first kappa shape index (κ1) is 17.7. The average molecular weight is 376 g/mol. The Morgan fingerprint density at radius 3 is 2.56 bits per heavy atom. The number of methoxy groups -OCH3 is 1. The summed E-state index contributed by atoms with van der Waals surface area (Å²) in [5.74, 6) is -0.651. The summed E-state index contributed by atoms with van der Waals surface area (Å²) >= 11 is 12.5. The molecule has 0 saturated heterocycles. The third kappa shape index (κ3) is 3.76. The molecule has 0 saturated carbocycles. The number of aliphatic hydroxyl groups excluding tert-OH is 1. The van der Waals surface area contributed by atoms with Crippen LogP contribution in [0.4, 0.5) is 0 Å². The Kier molecular flexibility index (Phi) is 5.23. The zero-order valence-corrected chi connectivity index (χ0v) is 14.9. The molecule has 3 rings (SSSR count). The maximum Gasteiger partial charge on any atom is 0.335 e. The van der Waals surface area contributed by atoms with E-state index in [-0.39, 0.29) is 6.42 Å². The summed E-state index contributed by atoms with van der Waals surface area (Å²) in [7, 11) is 1.25. The lowest BCUT2D eigenvalue weighted by Gasteiger charge is -2.10. The fraction of sp³-hybridized carbons (Fsp3) is 0.158. The molecule has 0 unspecified atom stereocenters. The van der Waals surface area contributed by atoms with Gasteiger partial charge in [0.25, 0.3) is 0 Å². The highest BCUT2D eigenvalue weighted by atomic mass is 35.5. The van der Waals surface area contributed by atoms with Crippen LogP contribution in [0.2, 0.25) is 10.0 Å². The Morgan fingerprint density at radius 2 is 1.88 bits per heavy atom. The maximum absolute atomic E-state index is 11.3. The van der Waals surface area contributed by atoms with E-state index >= 15 is 0 Å². The fourth-order valence-corrected chi connectivity index (χ4v) is 3.22. The molecule has 25 heavy (non-hydrogen) atoms. The lowest BCUT2D eigenvalue weighted by molar-refractivity contribution is -0.150. The molecule has 0 amide bonds. The van der Waals surface area contributed by atoms with Gasteiger partial charge in [0.05, 0.1) is 28.4 Å². The second kappa shape index (κ2) is 7.40. The first-order chi connectivity index (χ1) is 12.0. The number of pyridine rings is 1. The first-order valence-corrected chi connectivity index (χ1v) is 8.35. The number of aliphatic hydroxyl groups is 1. The number of carbonyl (C=O) groups is 1. The maximum atomic E-state index is 11.3. The van der Waals surface area contributed by atoms with Crippen molar-refractivity contribution in [2.75, 3.05) is 7.11 Å². The third-order valence-corrected chi connectivity index (χ3v) is 4.50. The molecule has 0 bridgehead atoms. The summed E-state index contributed by atoms with van der Waals surface area (Å²) in [6.45, 7) is 0. The number of ether oxygens (including phenoxy) is 1. The number of aromatic nitrogens is 1. The Morgan fingerprint density at radius 1 is 1.16 bits per heavy atom. The molecule has 0 aliphatic heterocycles. The largest absolute Gasteiger partial charge is 0.467 e. The van der Waals surface area contributed by atoms with E-state index in [0.29, 0.717) is 21.3 Å². The van der Waals surface area contributed by atoms with Crippen molar-refractivity contribution in [2.45, 2.75) is 12.5 Å². The number of nitrogens with zero attached hydrogens (tertiary/aromatic N) is 1. The van der Waals surface area contributed by atoms with Crippen molar-refractivity contribution >= 4 is 40.1 Å². The molecule has 2 aromatic carbocycles. The Hall–Kier alpha value is -2.14. The molecule has 0 aliphatic rings. The second-order valence-electron chi connectivity index (χ2n) is 5.56. The normalized spacial score (nSPS) is 12.2. The zero-order valence-electron chi connectivity index (χ0n) is 13.4. The van der Waals surface area contributed by atoms with Crippen LogP contribution in [-0.2, 0) is 16.0 Å². The van der Waals surface area contributed by atoms with Crippen LogP contribution >= 0.6 is 23.2 Å². The predicted octanol–water partition coefficient (Wildman–Crippen LogP) is 4.29. The van der Waals surface area contributed by atoms with Gasteiger partial charge in [-0.05, 0) is 35.9 Å². The van der Waals surface area contributed by atoms with Crippen LogP contribution in [0.25, 0.3) is 22.2 Å². The van der Waals surface area contributed by atoms with Gasteiger partial charge in [0, 0.05) is 17.4 Å². The van der Waals surface area contributed by atoms with Crippen molar-refractivity contribution in [1.29, 1.82) is 0 Å². The topological polar surface area (TPSA) is 59.4 Å². The molecule has 3 aromatic rings. The molecule has 0 radical (unpaired) electrons. The molecule has 128 valence electrons. The zero-order chi connectivity index (χ0) is 18.0. The van der Waals surface area contributed by atoms with Gasteiger partial charge >= 0.3 is 5.97 Å². The molecular formula is C19H15Cl2NO3. The number of benzene rings is 2. The Balaban J connectivity index is 1.95. The van der Waals surface area contributed by atoms with Crippen molar-refractivity contribution in [3.8, 4) is 11.3 Å². The van der Waals surface area contributed by atoms with Gasteiger partial charge in [-0.1, -0.05) is 41.4 Å². The van der Waals surface area contributed by atoms with Gasteiger partial charge in [0.15, 0.2) is 6.10 Å². The van der Waals surface area contributed by atoms with Crippen LogP contribution in [0.5, 0.6) is 0 Å². The van der Waals surface area contributed by atoms with Crippen molar-refractivity contribution in [3.63, 3.8) is 0 Å². The van der Waals surface area contributed by atoms with Gasteiger partial charge in [0.2, 0.25) is 0 Å². The minimum absolute atomic E-state index is 0.181. The number of esters is 1. The van der Waals surface area contributed by atoms with Gasteiger partial charge in [-0.25, -0.2) is 9.78 Å². The first-order valence-electron chi connectivity index (χ1n) is 7.59. The number of rotatable bonds is 4. The average Bonchev–Trinajstić information content (AvgIpc) is 2.60. The van der Waals surface area contributed by atoms with Gasteiger partial charge in [-0.15, -0.1) is 0 Å². The molecule has 0 spiro atoms. The van der Waals surface area contributed by atoms with Crippen LogP contribution in [0.3, 0.4) is 0 Å². The summed E-state index contributed by atoms with van der Waals surface area (Å²) in [5, 5.41) is 11.7. The highest BCUT2D eigenvalue weighted by molar-refractivity contribution is 6.39. The smallest absolute Gasteiger partial charge is 0.335 e. The lowest BCUT2D eigenvalue weighted by Crippen LogP contribution is -2.24. The monoisotopic (exact) mass is 375 g/mol. The van der Waals surface area contributed by atoms with Gasteiger partial charge in [-0.3, -0.25) is 0 Å². The van der Waals surface area contributed by atoms with Gasteiger partial charge in [0.1, 0.15) is 0 Å². The van der Waals surface area contributed by atoms with Crippen LogP contribution in [-0.4, -0.2) is 29.3 Å². The summed E-state index contributed by atoms with van der Waals surface area (Å²) < 4.78 is 4.53. The quantitative estimate of drug-likeness (QED) is 0.691. The predicted molar refractivity (Wildman–Crippen MR) is 98.9 cm³/mol. The van der Waals surface area contributed by atoms with E-state index in [9.17, 15) is 9.90 Å². The summed E-state index contributed by atoms with van der Waals surface area (Å²) in [6.07, 6.45) is -1.00. The van der Waals surface area contributed by atoms with E-state index in [2.05, 4.69) is 9.72 Å². The molecule has 6 heteroatoms. The van der Waals surface area contributed by atoms with Crippen molar-refractivity contribution in [1.82, 2.24) is 4.98 Å². The van der Waals surface area contributed by atoms with E-state index in [4.69, 9.17) is 23.2 Å². The van der Waals surface area contributed by atoms with Crippen molar-refractivity contribution < 1.29 is 14.6 Å². The van der Waals surface area contributed by atoms with Gasteiger partial charge < -0.3 is 9.84 Å². The molecule has 1 atom stereocenters. The second-order valence-corrected chi connectivity index (χ2v) is 6.38. The lowest BCUT2D eigenvalue weighted by atomic mass is 10.0. The number of carbonyl (C=O) groups excluding carboxylic acids is 1. The highest BCUT2D eigenvalue weighted by Gasteiger charge is 2.16. The molecule has 0 fully saturated rings. The summed E-state index contributed by atoms with van der Waals surface area (Å²) in [6, 6.07) is 14.6. The van der Waals surface area contributed by atoms with E-state index in [1.165, 1.54) is 7.11 Å². The molecule has 1 N–H and O–H groups in total. The van der Waals surface area contributed by atoms with Crippen LogP contribution in [0.1, 0.15) is 5.56 Å². The minimum Gasteiger partial charge on any atom is -0.467 e. The van der Waals surface area contributed by atoms with Gasteiger partial charge in [-0.2, -0.15) is 0 Å². The molecule has 1 aromatic heterocycles. The number of halogens is 2. The van der Waals surface area contributed by atoms with E-state index in [1.54, 1.807) is 18.2 Å². The minimum atomic E-state index is -1.18. The van der Waals surface area contributed by atoms with Crippen molar-refractivity contribution in [3.05, 3.63) is 64.1 Å². The van der Waals surface area contributed by atoms with E-state index in [0.717, 1.165) is 16.5 Å². The van der Waals surface area contributed by atoms with E-state index < -0.39 is 12.1 Å². The summed E-state index contributed by atoms with van der Waals surface area (Å²) in [4.78, 5) is 16.0. The summed E-state index contributed by atoms with van der Waals surface area (Å²) in [5.41, 5.74) is 2.96. The molecular weight excluding hydrogens is 361 g/mol. The highest BCUT2D eigenvalue weighted by Crippen LogP contribution is 2.34. The van der Waals surface area contributed by atoms with E-state index in [1.807, 2.05) is 30.3 Å². The van der Waals surface area contributed by atoms with Crippen molar-refractivity contribution in [2.24, 2.45) is 0 Å². The van der Waals surface area contributed by atoms with Crippen LogP contribution in [0.15, 0.2) is 48.5 Å². The molecule has 4 nitrogen and oxygen atoms in total. The SMILES string of the molecule is COC(=O)[C@@H](O)Cc1ccc2nc(-c3c(Cl)cccc3Cl)ccc2c1. The van der Waals surface area contributed by atoms with Crippen LogP contribution < -0.4 is 0 Å². The fourth-order valence-electron chi connectivity index (χ4n) is 2.63. The Bertz CT molecular complexity index is 923. The number of hydrogen-bond acceptors (Lipinski definition) is 4. The number of hydrogen-bond donors (Lipinski definition) is 1. The number of fused-ring (bicyclic) bond motifs is 1. The molecule has 0 aliphatic carbocycles.